The summed E-state index contributed by atoms with van der Waals surface area (Å²) < 4.78 is 4.27. The minimum Gasteiger partial charge on any atom is -0.331 e. The lowest BCUT2D eigenvalue weighted by molar-refractivity contribution is 0.537. The van der Waals surface area contributed by atoms with E-state index in [0.717, 1.165) is 16.8 Å². The second-order valence-electron chi connectivity index (χ2n) is 4.26. The molecule has 1 heterocycles. The van der Waals surface area contributed by atoms with Gasteiger partial charge in [0.25, 0.3) is 0 Å². The first-order valence-corrected chi connectivity index (χ1v) is 8.37. The molecule has 0 aliphatic heterocycles. The van der Waals surface area contributed by atoms with Crippen molar-refractivity contribution in [1.82, 2.24) is 9.55 Å². The highest BCUT2D eigenvalue weighted by Crippen LogP contribution is 2.19. The first kappa shape index (κ1) is 13.4. The highest BCUT2D eigenvalue weighted by molar-refractivity contribution is 14.1. The summed E-state index contributed by atoms with van der Waals surface area (Å²) in [4.78, 5) is 3.28. The molecule has 1 aromatic heterocycles. The molecule has 1 unspecified atom stereocenters. The van der Waals surface area contributed by atoms with Gasteiger partial charge in [-0.3, -0.25) is 0 Å². The molecule has 0 spiro atoms. The molecule has 0 fully saturated rings. The fourth-order valence-electron chi connectivity index (χ4n) is 1.97. The van der Waals surface area contributed by atoms with Gasteiger partial charge in [0.05, 0.1) is 11.0 Å². The summed E-state index contributed by atoms with van der Waals surface area (Å²) in [6.07, 6.45) is 2.15. The zero-order valence-electron chi connectivity index (χ0n) is 9.87. The molecule has 0 radical (unpaired) electrons. The van der Waals surface area contributed by atoms with E-state index >= 15 is 0 Å². The van der Waals surface area contributed by atoms with Gasteiger partial charge in [-0.05, 0) is 70.9 Å². The minimum absolute atomic E-state index is 0.634. The van der Waals surface area contributed by atoms with E-state index in [-0.39, 0.29) is 0 Å². The number of benzene rings is 1. The van der Waals surface area contributed by atoms with E-state index < -0.39 is 0 Å². The number of nitrogens with zero attached hydrogens (tertiary/aromatic N) is 1. The fourth-order valence-corrected chi connectivity index (χ4v) is 3.41. The Labute approximate surface area is 124 Å². The van der Waals surface area contributed by atoms with Gasteiger partial charge in [0.1, 0.15) is 0 Å². The number of rotatable bonds is 4. The summed E-state index contributed by atoms with van der Waals surface area (Å²) in [5.74, 6) is 1.80. The van der Waals surface area contributed by atoms with Crippen molar-refractivity contribution in [3.63, 3.8) is 0 Å². The summed E-state index contributed by atoms with van der Waals surface area (Å²) in [6, 6.07) is 6.41. The van der Waals surface area contributed by atoms with Crippen LogP contribution in [-0.4, -0.2) is 21.6 Å². The maximum Gasteiger partial charge on any atom is 0.178 e. The first-order chi connectivity index (χ1) is 8.11. The van der Waals surface area contributed by atoms with E-state index in [1.807, 2.05) is 11.8 Å². The highest BCUT2D eigenvalue weighted by atomic mass is 127. The van der Waals surface area contributed by atoms with Gasteiger partial charge in [-0.15, -0.1) is 0 Å². The van der Waals surface area contributed by atoms with Crippen molar-refractivity contribution in [1.29, 1.82) is 0 Å². The van der Waals surface area contributed by atoms with Crippen molar-refractivity contribution >= 4 is 57.6 Å². The van der Waals surface area contributed by atoms with E-state index in [2.05, 4.69) is 63.5 Å². The molecule has 1 N–H and O–H groups in total. The van der Waals surface area contributed by atoms with Gasteiger partial charge in [0.2, 0.25) is 0 Å². The molecular weight excluding hydrogens is 363 g/mol. The summed E-state index contributed by atoms with van der Waals surface area (Å²) in [7, 11) is 0. The molecule has 0 aliphatic carbocycles. The van der Waals surface area contributed by atoms with Crippen LogP contribution in [0.2, 0.25) is 0 Å². The summed E-state index contributed by atoms with van der Waals surface area (Å²) >= 11 is 9.60. The molecule has 0 saturated heterocycles. The van der Waals surface area contributed by atoms with Crippen LogP contribution in [0.15, 0.2) is 18.2 Å². The average Bonchev–Trinajstić information content (AvgIpc) is 2.55. The summed E-state index contributed by atoms with van der Waals surface area (Å²) in [5, 5.41) is 0. The molecule has 1 atom stereocenters. The number of halogens is 1. The van der Waals surface area contributed by atoms with Crippen LogP contribution in [-0.2, 0) is 6.54 Å². The number of hydrogen-bond acceptors (Lipinski definition) is 2. The number of nitrogens with one attached hydrogen (secondary N) is 1. The van der Waals surface area contributed by atoms with Gasteiger partial charge in [-0.1, -0.05) is 6.92 Å². The van der Waals surface area contributed by atoms with Crippen LogP contribution in [0, 0.1) is 14.3 Å². The number of fused-ring (bicyclic) bond motifs is 1. The van der Waals surface area contributed by atoms with Crippen LogP contribution in [0.3, 0.4) is 0 Å². The van der Waals surface area contributed by atoms with Gasteiger partial charge in [-0.2, -0.15) is 11.8 Å². The lowest BCUT2D eigenvalue weighted by Crippen LogP contribution is -2.09. The van der Waals surface area contributed by atoms with Crippen LogP contribution in [0.5, 0.6) is 0 Å². The maximum absolute atomic E-state index is 5.40. The van der Waals surface area contributed by atoms with Gasteiger partial charge in [0.15, 0.2) is 4.77 Å². The van der Waals surface area contributed by atoms with E-state index in [0.29, 0.717) is 5.92 Å². The number of imidazole rings is 1. The lowest BCUT2D eigenvalue weighted by atomic mass is 10.2. The molecule has 1 aromatic carbocycles. The Kier molecular flexibility index (Phi) is 4.54. The second-order valence-corrected chi connectivity index (χ2v) is 6.81. The van der Waals surface area contributed by atoms with E-state index in [4.69, 9.17) is 12.2 Å². The lowest BCUT2D eigenvalue weighted by Gasteiger charge is -2.11. The Hall–Kier alpha value is -0.0100. The maximum atomic E-state index is 5.40. The predicted molar refractivity (Wildman–Crippen MR) is 87.4 cm³/mol. The molecule has 2 aromatic rings. The minimum atomic E-state index is 0.634. The van der Waals surface area contributed by atoms with E-state index in [1.54, 1.807) is 0 Å². The summed E-state index contributed by atoms with van der Waals surface area (Å²) in [5.41, 5.74) is 2.35. The van der Waals surface area contributed by atoms with Crippen LogP contribution >= 0.6 is 46.6 Å². The van der Waals surface area contributed by atoms with E-state index in [9.17, 15) is 0 Å². The van der Waals surface area contributed by atoms with Crippen LogP contribution in [0.4, 0.5) is 0 Å². The third-order valence-electron chi connectivity index (χ3n) is 2.68. The smallest absolute Gasteiger partial charge is 0.178 e. The Morgan fingerprint density at radius 1 is 1.53 bits per heavy atom. The molecule has 0 bridgehead atoms. The molecular formula is C12H15IN2S2. The number of H-pyrrole nitrogens is 1. The van der Waals surface area contributed by atoms with Crippen LogP contribution in [0.1, 0.15) is 6.92 Å². The molecule has 0 amide bonds. The Morgan fingerprint density at radius 2 is 2.29 bits per heavy atom. The number of thioether (sulfide) groups is 1. The predicted octanol–water partition coefficient (Wildman–Crippen LogP) is 4.30. The molecule has 2 rings (SSSR count). The van der Waals surface area contributed by atoms with Crippen molar-refractivity contribution in [2.75, 3.05) is 12.0 Å². The molecule has 0 aliphatic rings. The molecule has 17 heavy (non-hydrogen) atoms. The van der Waals surface area contributed by atoms with Gasteiger partial charge >= 0.3 is 0 Å². The number of aromatic nitrogens is 2. The van der Waals surface area contributed by atoms with Gasteiger partial charge in [-0.25, -0.2) is 0 Å². The van der Waals surface area contributed by atoms with E-state index in [1.165, 1.54) is 14.8 Å². The Balaban J connectivity index is 2.40. The Morgan fingerprint density at radius 3 is 3.00 bits per heavy atom. The van der Waals surface area contributed by atoms with Crippen molar-refractivity contribution < 1.29 is 0 Å². The van der Waals surface area contributed by atoms with Gasteiger partial charge in [0, 0.05) is 10.1 Å². The largest absolute Gasteiger partial charge is 0.331 e. The topological polar surface area (TPSA) is 20.7 Å². The third-order valence-corrected chi connectivity index (χ3v) is 4.58. The zero-order valence-corrected chi connectivity index (χ0v) is 13.7. The second kappa shape index (κ2) is 5.75. The summed E-state index contributed by atoms with van der Waals surface area (Å²) in [6.45, 7) is 3.25. The van der Waals surface area contributed by atoms with Crippen molar-refractivity contribution in [3.05, 3.63) is 26.5 Å². The number of aromatic amines is 1. The van der Waals surface area contributed by atoms with Crippen molar-refractivity contribution in [2.24, 2.45) is 5.92 Å². The first-order valence-electron chi connectivity index (χ1n) is 5.49. The molecule has 5 heteroatoms. The molecule has 2 nitrogen and oxygen atoms in total. The molecule has 92 valence electrons. The normalized spacial score (nSPS) is 13.1. The Bertz CT molecular complexity index is 573. The average molecular weight is 378 g/mol. The van der Waals surface area contributed by atoms with Gasteiger partial charge < -0.3 is 9.55 Å². The zero-order chi connectivity index (χ0) is 12.4. The fraction of sp³-hybridized carbons (Fsp3) is 0.417. The highest BCUT2D eigenvalue weighted by Gasteiger charge is 2.08. The SMILES string of the molecule is CSCC(C)Cn1c(=S)[nH]c2cc(I)ccc21. The third kappa shape index (κ3) is 3.06. The monoisotopic (exact) mass is 378 g/mol. The standard InChI is InChI=1S/C12H15IN2S2/c1-8(7-17-2)6-15-11-4-3-9(13)5-10(11)14-12(15)16/h3-5,8H,6-7H2,1-2H3,(H,14,16). The van der Waals surface area contributed by atoms with Crippen LogP contribution < -0.4 is 0 Å². The number of hydrogen-bond donors (Lipinski definition) is 1. The van der Waals surface area contributed by atoms with Crippen molar-refractivity contribution in [3.8, 4) is 0 Å². The quantitative estimate of drug-likeness (QED) is 0.633. The van der Waals surface area contributed by atoms with Crippen molar-refractivity contribution in [2.45, 2.75) is 13.5 Å². The molecule has 0 saturated carbocycles. The van der Waals surface area contributed by atoms with Crippen LogP contribution in [0.25, 0.3) is 11.0 Å².